The van der Waals surface area contributed by atoms with E-state index in [1.54, 1.807) is 36.7 Å². The Kier molecular flexibility index (Phi) is 5.09. The number of hydrogen-bond acceptors (Lipinski definition) is 6. The van der Waals surface area contributed by atoms with Crippen LogP contribution in [0.2, 0.25) is 0 Å². The maximum atomic E-state index is 13.0. The van der Waals surface area contributed by atoms with E-state index in [9.17, 15) is 24.0 Å². The van der Waals surface area contributed by atoms with Crippen molar-refractivity contribution in [3.63, 3.8) is 0 Å². The lowest BCUT2D eigenvalue weighted by Gasteiger charge is -2.29. The average Bonchev–Trinajstić information content (AvgIpc) is 3.05. The van der Waals surface area contributed by atoms with Gasteiger partial charge in [0.1, 0.15) is 6.04 Å². The predicted molar refractivity (Wildman–Crippen MR) is 103 cm³/mol. The molecule has 2 N–H and O–H groups in total. The van der Waals surface area contributed by atoms with Gasteiger partial charge in [0.25, 0.3) is 11.8 Å². The van der Waals surface area contributed by atoms with E-state index in [2.05, 4.69) is 15.6 Å². The fourth-order valence-corrected chi connectivity index (χ4v) is 3.73. The summed E-state index contributed by atoms with van der Waals surface area (Å²) in [4.78, 5) is 66.7. The number of nitrogens with zero attached hydrogens (tertiary/aromatic N) is 2. The highest BCUT2D eigenvalue weighted by molar-refractivity contribution is 6.14. The summed E-state index contributed by atoms with van der Waals surface area (Å²) >= 11 is 0. The fraction of sp³-hybridized carbons (Fsp3) is 0.238. The number of carbonyl (C=O) groups excluding carboxylic acids is 5. The third-order valence-electron chi connectivity index (χ3n) is 5.16. The predicted octanol–water partition coefficient (Wildman–Crippen LogP) is 0.342. The van der Waals surface area contributed by atoms with Crippen molar-refractivity contribution in [3.8, 4) is 0 Å². The zero-order chi connectivity index (χ0) is 21.3. The summed E-state index contributed by atoms with van der Waals surface area (Å²) in [5.74, 6) is -2.54. The Bertz CT molecular complexity index is 1070. The van der Waals surface area contributed by atoms with E-state index in [-0.39, 0.29) is 42.8 Å². The van der Waals surface area contributed by atoms with E-state index in [1.165, 1.54) is 11.0 Å². The van der Waals surface area contributed by atoms with Gasteiger partial charge in [-0.05, 0) is 35.7 Å². The Balaban J connectivity index is 1.51. The highest BCUT2D eigenvalue weighted by atomic mass is 16.2. The molecule has 0 saturated carbocycles. The first kappa shape index (κ1) is 19.4. The lowest BCUT2D eigenvalue weighted by molar-refractivity contribution is -0.137. The highest BCUT2D eigenvalue weighted by Crippen LogP contribution is 2.29. The Morgan fingerprint density at radius 1 is 1.13 bits per heavy atom. The molecule has 3 heterocycles. The van der Waals surface area contributed by atoms with Gasteiger partial charge in [-0.1, -0.05) is 12.1 Å². The van der Waals surface area contributed by atoms with Crippen molar-refractivity contribution in [2.75, 3.05) is 0 Å². The second-order valence-electron chi connectivity index (χ2n) is 7.15. The minimum atomic E-state index is -0.771. The maximum Gasteiger partial charge on any atom is 0.258 e. The molecule has 0 aliphatic carbocycles. The summed E-state index contributed by atoms with van der Waals surface area (Å²) in [7, 11) is 0. The molecule has 2 aromatic rings. The zero-order valence-electron chi connectivity index (χ0n) is 15.9. The molecule has 0 radical (unpaired) electrons. The van der Waals surface area contributed by atoms with Crippen LogP contribution >= 0.6 is 0 Å². The number of pyridine rings is 1. The summed E-state index contributed by atoms with van der Waals surface area (Å²) < 4.78 is 0. The number of imide groups is 2. The zero-order valence-corrected chi connectivity index (χ0v) is 15.9. The lowest BCUT2D eigenvalue weighted by atomic mass is 10.0. The van der Waals surface area contributed by atoms with Gasteiger partial charge in [-0.25, -0.2) is 0 Å². The molecular formula is C21H18N4O5. The first-order chi connectivity index (χ1) is 14.4. The molecule has 9 nitrogen and oxygen atoms in total. The number of fused-ring (bicyclic) bond motifs is 1. The van der Waals surface area contributed by atoms with E-state index in [1.807, 2.05) is 0 Å². The van der Waals surface area contributed by atoms with Crippen molar-refractivity contribution in [3.05, 3.63) is 65.0 Å². The molecule has 1 aromatic carbocycles. The Labute approximate surface area is 171 Å². The van der Waals surface area contributed by atoms with Crippen LogP contribution in [0.25, 0.3) is 0 Å². The van der Waals surface area contributed by atoms with Gasteiger partial charge in [0, 0.05) is 25.4 Å². The van der Waals surface area contributed by atoms with Crippen molar-refractivity contribution < 1.29 is 24.0 Å². The van der Waals surface area contributed by atoms with Gasteiger partial charge in [-0.2, -0.15) is 0 Å². The van der Waals surface area contributed by atoms with Gasteiger partial charge >= 0.3 is 0 Å². The van der Waals surface area contributed by atoms with E-state index in [0.29, 0.717) is 11.1 Å². The monoisotopic (exact) mass is 406 g/mol. The molecule has 1 atom stereocenters. The molecule has 152 valence electrons. The van der Waals surface area contributed by atoms with Gasteiger partial charge < -0.3 is 4.90 Å². The molecule has 30 heavy (non-hydrogen) atoms. The van der Waals surface area contributed by atoms with Crippen molar-refractivity contribution >= 4 is 29.5 Å². The summed E-state index contributed by atoms with van der Waals surface area (Å²) in [6.45, 7) is 0.159. The number of rotatable bonds is 4. The third kappa shape index (κ3) is 3.69. The molecule has 0 bridgehead atoms. The number of piperidine rings is 1. The quantitative estimate of drug-likeness (QED) is 0.706. The molecule has 1 aromatic heterocycles. The first-order valence-corrected chi connectivity index (χ1v) is 9.43. The molecule has 9 heteroatoms. The fourth-order valence-electron chi connectivity index (χ4n) is 3.73. The minimum absolute atomic E-state index is 0.000368. The van der Waals surface area contributed by atoms with Crippen molar-refractivity contribution in [1.29, 1.82) is 0 Å². The Hall–Kier alpha value is -3.88. The van der Waals surface area contributed by atoms with Crippen molar-refractivity contribution in [2.45, 2.75) is 31.8 Å². The van der Waals surface area contributed by atoms with E-state index >= 15 is 0 Å². The number of amides is 5. The second-order valence-corrected chi connectivity index (χ2v) is 7.15. The van der Waals surface area contributed by atoms with E-state index in [0.717, 1.165) is 0 Å². The van der Waals surface area contributed by atoms with Crippen LogP contribution in [0, 0.1) is 0 Å². The molecule has 2 aliphatic rings. The van der Waals surface area contributed by atoms with Crippen LogP contribution in [0.5, 0.6) is 0 Å². The van der Waals surface area contributed by atoms with E-state index < -0.39 is 29.7 Å². The highest BCUT2D eigenvalue weighted by Gasteiger charge is 2.40. The van der Waals surface area contributed by atoms with E-state index in [4.69, 9.17) is 0 Å². The number of nitrogens with one attached hydrogen (secondary N) is 2. The molecule has 0 spiro atoms. The van der Waals surface area contributed by atoms with Crippen molar-refractivity contribution in [1.82, 2.24) is 20.5 Å². The number of benzene rings is 1. The summed E-state index contributed by atoms with van der Waals surface area (Å²) in [6, 6.07) is 7.38. The minimum Gasteiger partial charge on any atom is -0.322 e. The summed E-state index contributed by atoms with van der Waals surface area (Å²) in [5, 5.41) is 4.55. The normalized spacial score (nSPS) is 18.1. The Morgan fingerprint density at radius 2 is 1.90 bits per heavy atom. The number of hydrogen-bond donors (Lipinski definition) is 2. The average molecular weight is 406 g/mol. The molecule has 4 rings (SSSR count). The molecular weight excluding hydrogens is 388 g/mol. The van der Waals surface area contributed by atoms with Crippen LogP contribution in [-0.4, -0.2) is 45.5 Å². The van der Waals surface area contributed by atoms with Crippen LogP contribution in [0.3, 0.4) is 0 Å². The van der Waals surface area contributed by atoms with Crippen LogP contribution in [0.15, 0.2) is 42.7 Å². The van der Waals surface area contributed by atoms with Crippen LogP contribution in [0.1, 0.15) is 44.7 Å². The molecule has 1 fully saturated rings. The molecule has 5 amide bonds. The van der Waals surface area contributed by atoms with Gasteiger partial charge in [0.2, 0.25) is 17.7 Å². The first-order valence-electron chi connectivity index (χ1n) is 9.43. The van der Waals surface area contributed by atoms with Crippen LogP contribution in [-0.2, 0) is 27.3 Å². The lowest BCUT2D eigenvalue weighted by Crippen LogP contribution is -2.52. The maximum absolute atomic E-state index is 13.0. The van der Waals surface area contributed by atoms with Crippen LogP contribution in [0.4, 0.5) is 0 Å². The number of aromatic nitrogens is 1. The van der Waals surface area contributed by atoms with Crippen LogP contribution < -0.4 is 10.6 Å². The smallest absolute Gasteiger partial charge is 0.258 e. The topological polar surface area (TPSA) is 126 Å². The van der Waals surface area contributed by atoms with Gasteiger partial charge in [-0.15, -0.1) is 0 Å². The largest absolute Gasteiger partial charge is 0.322 e. The molecule has 1 saturated heterocycles. The molecule has 1 unspecified atom stereocenters. The standard InChI is InChI=1S/C21H18N4O5/c26-16-5-4-15(20(29)23-16)25-11-13-2-1-3-14(18(13)21(25)30)19(28)24-17(27)10-12-6-8-22-9-7-12/h1-3,6-9,15H,4-5,10-11H2,(H,23,26,29)(H,24,27,28). The van der Waals surface area contributed by atoms with Gasteiger partial charge in [0.15, 0.2) is 0 Å². The Morgan fingerprint density at radius 3 is 2.63 bits per heavy atom. The third-order valence-corrected chi connectivity index (χ3v) is 5.16. The molecule has 2 aliphatic heterocycles. The number of carbonyl (C=O) groups is 5. The second kappa shape index (κ2) is 7.86. The SMILES string of the molecule is O=C(Cc1ccncc1)NC(=O)c1cccc2c1C(=O)N(C1CCC(=O)NC1=O)C2. The summed E-state index contributed by atoms with van der Waals surface area (Å²) in [6.07, 6.45) is 3.48. The van der Waals surface area contributed by atoms with Gasteiger partial charge in [0.05, 0.1) is 17.5 Å². The summed E-state index contributed by atoms with van der Waals surface area (Å²) in [5.41, 5.74) is 1.56. The van der Waals surface area contributed by atoms with Gasteiger partial charge in [-0.3, -0.25) is 39.6 Å². The van der Waals surface area contributed by atoms with Crippen molar-refractivity contribution in [2.24, 2.45) is 0 Å².